The van der Waals surface area contributed by atoms with E-state index in [1.165, 1.54) is 6.92 Å². The van der Waals surface area contributed by atoms with Gasteiger partial charge in [0.1, 0.15) is 6.04 Å². The molecule has 1 fully saturated rings. The van der Waals surface area contributed by atoms with Crippen LogP contribution in [0.25, 0.3) is 0 Å². The summed E-state index contributed by atoms with van der Waals surface area (Å²) >= 11 is 0. The van der Waals surface area contributed by atoms with Crippen LogP contribution >= 0.6 is 0 Å². The number of nitrogens with zero attached hydrogens (tertiary/aromatic N) is 2. The predicted molar refractivity (Wildman–Crippen MR) is 68.4 cm³/mol. The highest BCUT2D eigenvalue weighted by atomic mass is 16.4. The van der Waals surface area contributed by atoms with Crippen molar-refractivity contribution < 1.29 is 14.7 Å². The molecule has 1 aliphatic rings. The summed E-state index contributed by atoms with van der Waals surface area (Å²) in [5.41, 5.74) is 0. The van der Waals surface area contributed by atoms with E-state index in [9.17, 15) is 9.59 Å². The lowest BCUT2D eigenvalue weighted by Crippen LogP contribution is -2.52. The topological polar surface area (TPSA) is 72.9 Å². The molecule has 0 aromatic heterocycles. The van der Waals surface area contributed by atoms with Crippen molar-refractivity contribution >= 4 is 11.9 Å². The molecule has 6 heteroatoms. The number of carboxylic acid groups (broad SMARTS) is 1. The smallest absolute Gasteiger partial charge is 0.327 e. The first-order valence-electron chi connectivity index (χ1n) is 6.29. The molecule has 1 saturated heterocycles. The minimum Gasteiger partial charge on any atom is -0.480 e. The van der Waals surface area contributed by atoms with E-state index in [1.54, 1.807) is 0 Å². The molecule has 0 aliphatic carbocycles. The SMILES string of the molecule is CC(=O)NC(CN(C)C1CCCN(C)C1)C(=O)O. The van der Waals surface area contributed by atoms with Crippen molar-refractivity contribution in [2.75, 3.05) is 33.7 Å². The highest BCUT2D eigenvalue weighted by molar-refractivity contribution is 5.82. The van der Waals surface area contributed by atoms with Gasteiger partial charge >= 0.3 is 5.97 Å². The lowest BCUT2D eigenvalue weighted by molar-refractivity contribution is -0.142. The number of rotatable bonds is 5. The Labute approximate surface area is 108 Å². The second-order valence-electron chi connectivity index (χ2n) is 5.09. The zero-order chi connectivity index (χ0) is 13.7. The molecular formula is C12H23N3O3. The van der Waals surface area contributed by atoms with Gasteiger partial charge in [-0.15, -0.1) is 0 Å². The Balaban J connectivity index is 2.51. The maximum absolute atomic E-state index is 11.1. The number of likely N-dealkylation sites (tertiary alicyclic amines) is 1. The van der Waals surface area contributed by atoms with Gasteiger partial charge in [-0.3, -0.25) is 9.69 Å². The average molecular weight is 257 g/mol. The molecule has 1 rings (SSSR count). The van der Waals surface area contributed by atoms with E-state index < -0.39 is 12.0 Å². The van der Waals surface area contributed by atoms with E-state index in [0.717, 1.165) is 25.9 Å². The van der Waals surface area contributed by atoms with Gasteiger partial charge in [-0.25, -0.2) is 4.79 Å². The Morgan fingerprint density at radius 3 is 2.72 bits per heavy atom. The van der Waals surface area contributed by atoms with Gasteiger partial charge in [-0.05, 0) is 33.5 Å². The van der Waals surface area contributed by atoms with E-state index in [1.807, 2.05) is 11.9 Å². The maximum atomic E-state index is 11.1. The van der Waals surface area contributed by atoms with Crippen LogP contribution in [0.5, 0.6) is 0 Å². The van der Waals surface area contributed by atoms with Gasteiger partial charge in [0.15, 0.2) is 0 Å². The lowest BCUT2D eigenvalue weighted by atomic mass is 10.0. The monoisotopic (exact) mass is 257 g/mol. The number of carbonyl (C=O) groups is 2. The summed E-state index contributed by atoms with van der Waals surface area (Å²) in [6.45, 7) is 3.72. The average Bonchev–Trinajstić information content (AvgIpc) is 2.27. The van der Waals surface area contributed by atoms with Crippen molar-refractivity contribution in [2.45, 2.75) is 31.8 Å². The van der Waals surface area contributed by atoms with Crippen LogP contribution in [0.2, 0.25) is 0 Å². The Hall–Kier alpha value is -1.14. The number of piperidine rings is 1. The van der Waals surface area contributed by atoms with Gasteiger partial charge in [0.25, 0.3) is 0 Å². The van der Waals surface area contributed by atoms with Crippen molar-refractivity contribution in [1.82, 2.24) is 15.1 Å². The molecule has 0 saturated carbocycles. The molecule has 0 aromatic carbocycles. The predicted octanol–water partition coefficient (Wildman–Crippen LogP) is -0.398. The minimum absolute atomic E-state index is 0.309. The Morgan fingerprint density at radius 1 is 1.56 bits per heavy atom. The number of nitrogens with one attached hydrogen (secondary N) is 1. The quantitative estimate of drug-likeness (QED) is 0.701. The number of likely N-dealkylation sites (N-methyl/N-ethyl adjacent to an activating group) is 2. The fourth-order valence-electron chi connectivity index (χ4n) is 2.37. The van der Waals surface area contributed by atoms with Crippen molar-refractivity contribution in [3.63, 3.8) is 0 Å². The third kappa shape index (κ3) is 4.62. The van der Waals surface area contributed by atoms with Crippen molar-refractivity contribution in [3.8, 4) is 0 Å². The van der Waals surface area contributed by atoms with Gasteiger partial charge in [-0.2, -0.15) is 0 Å². The van der Waals surface area contributed by atoms with Crippen molar-refractivity contribution in [1.29, 1.82) is 0 Å². The molecule has 1 amide bonds. The van der Waals surface area contributed by atoms with Gasteiger partial charge in [-0.1, -0.05) is 0 Å². The Bertz CT molecular complexity index is 309. The molecule has 0 bridgehead atoms. The molecule has 2 atom stereocenters. The van der Waals surface area contributed by atoms with Crippen LogP contribution in [0.4, 0.5) is 0 Å². The van der Waals surface area contributed by atoms with Crippen LogP contribution < -0.4 is 5.32 Å². The zero-order valence-electron chi connectivity index (χ0n) is 11.3. The molecule has 2 N–H and O–H groups in total. The standard InChI is InChI=1S/C12H23N3O3/c1-9(16)13-11(12(17)18)8-15(3)10-5-4-6-14(2)7-10/h10-11H,4-8H2,1-3H3,(H,13,16)(H,17,18). The number of hydrogen-bond donors (Lipinski definition) is 2. The minimum atomic E-state index is -0.985. The molecule has 18 heavy (non-hydrogen) atoms. The van der Waals surface area contributed by atoms with Crippen LogP contribution in [-0.2, 0) is 9.59 Å². The first-order chi connectivity index (χ1) is 8.40. The molecule has 6 nitrogen and oxygen atoms in total. The molecule has 1 heterocycles. The van der Waals surface area contributed by atoms with Crippen molar-refractivity contribution in [2.24, 2.45) is 0 Å². The van der Waals surface area contributed by atoms with E-state index >= 15 is 0 Å². The largest absolute Gasteiger partial charge is 0.480 e. The van der Waals surface area contributed by atoms with E-state index in [0.29, 0.717) is 12.6 Å². The first kappa shape index (κ1) is 14.9. The van der Waals surface area contributed by atoms with Crippen LogP contribution in [0.3, 0.4) is 0 Å². The van der Waals surface area contributed by atoms with E-state index in [2.05, 4.69) is 17.3 Å². The summed E-state index contributed by atoms with van der Waals surface area (Å²) in [6, 6.07) is -0.473. The normalized spacial score (nSPS) is 22.8. The van der Waals surface area contributed by atoms with Crippen LogP contribution in [0.1, 0.15) is 19.8 Å². The number of aliphatic carboxylic acids is 1. The fourth-order valence-corrected chi connectivity index (χ4v) is 2.37. The summed E-state index contributed by atoms with van der Waals surface area (Å²) in [5, 5.41) is 11.5. The number of carbonyl (C=O) groups excluding carboxylic acids is 1. The van der Waals surface area contributed by atoms with Gasteiger partial charge in [0.2, 0.25) is 5.91 Å². The number of amides is 1. The summed E-state index contributed by atoms with van der Waals surface area (Å²) in [6.07, 6.45) is 2.20. The van der Waals surface area contributed by atoms with Gasteiger partial charge in [0.05, 0.1) is 0 Å². The van der Waals surface area contributed by atoms with Crippen LogP contribution in [0, 0.1) is 0 Å². The summed E-state index contributed by atoms with van der Waals surface area (Å²) < 4.78 is 0. The number of hydrogen-bond acceptors (Lipinski definition) is 4. The Morgan fingerprint density at radius 2 is 2.22 bits per heavy atom. The highest BCUT2D eigenvalue weighted by Crippen LogP contribution is 2.13. The first-order valence-corrected chi connectivity index (χ1v) is 6.29. The van der Waals surface area contributed by atoms with Crippen LogP contribution in [0.15, 0.2) is 0 Å². The molecule has 1 aliphatic heterocycles. The second-order valence-corrected chi connectivity index (χ2v) is 5.09. The zero-order valence-corrected chi connectivity index (χ0v) is 11.3. The van der Waals surface area contributed by atoms with Crippen LogP contribution in [-0.4, -0.2) is 72.6 Å². The molecule has 0 radical (unpaired) electrons. The molecule has 104 valence electrons. The molecule has 0 spiro atoms. The summed E-state index contributed by atoms with van der Waals surface area (Å²) in [4.78, 5) is 26.3. The second kappa shape index (κ2) is 6.70. The van der Waals surface area contributed by atoms with Gasteiger partial charge in [0, 0.05) is 26.1 Å². The third-order valence-corrected chi connectivity index (χ3v) is 3.37. The molecular weight excluding hydrogens is 234 g/mol. The maximum Gasteiger partial charge on any atom is 0.327 e. The number of carboxylic acids is 1. The van der Waals surface area contributed by atoms with E-state index in [-0.39, 0.29) is 5.91 Å². The lowest BCUT2D eigenvalue weighted by Gasteiger charge is -2.36. The Kier molecular flexibility index (Phi) is 5.55. The van der Waals surface area contributed by atoms with Crippen molar-refractivity contribution in [3.05, 3.63) is 0 Å². The molecule has 2 unspecified atom stereocenters. The molecule has 0 aromatic rings. The van der Waals surface area contributed by atoms with E-state index in [4.69, 9.17) is 5.11 Å². The summed E-state index contributed by atoms with van der Waals surface area (Å²) in [5.74, 6) is -1.29. The highest BCUT2D eigenvalue weighted by Gasteiger charge is 2.26. The van der Waals surface area contributed by atoms with Gasteiger partial charge < -0.3 is 15.3 Å². The summed E-state index contributed by atoms with van der Waals surface area (Å²) in [7, 11) is 3.99. The fraction of sp³-hybridized carbons (Fsp3) is 0.833. The third-order valence-electron chi connectivity index (χ3n) is 3.37.